The molecule has 4 rings (SSSR count). The second kappa shape index (κ2) is 7.72. The highest BCUT2D eigenvalue weighted by molar-refractivity contribution is 7.17. The van der Waals surface area contributed by atoms with Crippen molar-refractivity contribution >= 4 is 33.3 Å². The molecule has 3 heterocycles. The molecule has 152 valence electrons. The van der Waals surface area contributed by atoms with E-state index < -0.39 is 5.41 Å². The number of nitrogens with zero attached hydrogens (tertiary/aromatic N) is 4. The highest BCUT2D eigenvalue weighted by Crippen LogP contribution is 2.41. The van der Waals surface area contributed by atoms with Crippen LogP contribution in [0.4, 0.5) is 5.82 Å². The zero-order chi connectivity index (χ0) is 20.6. The summed E-state index contributed by atoms with van der Waals surface area (Å²) in [5.74, 6) is 1.55. The lowest BCUT2D eigenvalue weighted by molar-refractivity contribution is -0.150. The van der Waals surface area contributed by atoms with E-state index in [2.05, 4.69) is 27.3 Å². The topological polar surface area (TPSA) is 58.6 Å². The predicted molar refractivity (Wildman–Crippen MR) is 117 cm³/mol. The van der Waals surface area contributed by atoms with Crippen molar-refractivity contribution in [2.45, 2.75) is 19.9 Å². The SMILES string of the molecule is COC(=O)C1(C)CCN(c2nc(CN(C)C)nc3scc(-c4ccccc4)c23)C1. The number of hydrogen-bond acceptors (Lipinski definition) is 7. The summed E-state index contributed by atoms with van der Waals surface area (Å²) in [5, 5.41) is 3.23. The third-order valence-electron chi connectivity index (χ3n) is 5.45. The van der Waals surface area contributed by atoms with Crippen molar-refractivity contribution in [3.05, 3.63) is 41.5 Å². The Morgan fingerprint density at radius 1 is 1.28 bits per heavy atom. The fourth-order valence-electron chi connectivity index (χ4n) is 3.93. The van der Waals surface area contributed by atoms with E-state index in [-0.39, 0.29) is 5.97 Å². The minimum Gasteiger partial charge on any atom is -0.469 e. The van der Waals surface area contributed by atoms with E-state index in [9.17, 15) is 4.79 Å². The number of fused-ring (bicyclic) bond motifs is 1. The molecular weight excluding hydrogens is 384 g/mol. The summed E-state index contributed by atoms with van der Waals surface area (Å²) in [6.45, 7) is 4.01. The van der Waals surface area contributed by atoms with Crippen LogP contribution in [0, 0.1) is 5.41 Å². The van der Waals surface area contributed by atoms with Crippen LogP contribution in [-0.2, 0) is 16.1 Å². The molecule has 1 fully saturated rings. The van der Waals surface area contributed by atoms with E-state index in [1.807, 2.05) is 39.2 Å². The second-order valence-corrected chi connectivity index (χ2v) is 8.98. The molecule has 2 aromatic heterocycles. The van der Waals surface area contributed by atoms with Gasteiger partial charge in [0.05, 0.1) is 24.5 Å². The van der Waals surface area contributed by atoms with Crippen molar-refractivity contribution in [2.75, 3.05) is 39.2 Å². The smallest absolute Gasteiger partial charge is 0.313 e. The van der Waals surface area contributed by atoms with Gasteiger partial charge in [-0.2, -0.15) is 0 Å². The second-order valence-electron chi connectivity index (χ2n) is 8.12. The minimum atomic E-state index is -0.517. The van der Waals surface area contributed by atoms with Gasteiger partial charge in [-0.15, -0.1) is 11.3 Å². The molecule has 1 saturated heterocycles. The summed E-state index contributed by atoms with van der Waals surface area (Å²) >= 11 is 1.65. The molecule has 1 unspecified atom stereocenters. The van der Waals surface area contributed by atoms with Crippen molar-refractivity contribution in [1.29, 1.82) is 0 Å². The Morgan fingerprint density at radius 3 is 2.72 bits per heavy atom. The number of rotatable bonds is 5. The Bertz CT molecular complexity index is 1030. The molecular formula is C22H26N4O2S. The number of carbonyl (C=O) groups excluding carboxylic acids is 1. The zero-order valence-corrected chi connectivity index (χ0v) is 18.1. The van der Waals surface area contributed by atoms with Crippen molar-refractivity contribution in [1.82, 2.24) is 14.9 Å². The van der Waals surface area contributed by atoms with Gasteiger partial charge in [-0.25, -0.2) is 9.97 Å². The summed E-state index contributed by atoms with van der Waals surface area (Å²) in [4.78, 5) is 27.4. The fourth-order valence-corrected chi connectivity index (χ4v) is 4.89. The molecule has 7 heteroatoms. The number of esters is 1. The molecule has 1 atom stereocenters. The Hall–Kier alpha value is -2.51. The molecule has 0 amide bonds. The Balaban J connectivity index is 1.84. The predicted octanol–water partition coefficient (Wildman–Crippen LogP) is 3.81. The normalized spacial score (nSPS) is 19.3. The van der Waals surface area contributed by atoms with Crippen LogP contribution in [0.15, 0.2) is 35.7 Å². The molecule has 0 saturated carbocycles. The summed E-state index contributed by atoms with van der Waals surface area (Å²) in [7, 11) is 5.49. The van der Waals surface area contributed by atoms with Gasteiger partial charge >= 0.3 is 5.97 Å². The van der Waals surface area contributed by atoms with Crippen LogP contribution in [0.25, 0.3) is 21.3 Å². The molecule has 0 N–H and O–H groups in total. The molecule has 0 radical (unpaired) electrons. The minimum absolute atomic E-state index is 0.160. The quantitative estimate of drug-likeness (QED) is 0.596. The number of anilines is 1. The number of methoxy groups -OCH3 is 1. The highest BCUT2D eigenvalue weighted by Gasteiger charge is 2.42. The van der Waals surface area contributed by atoms with E-state index in [4.69, 9.17) is 14.7 Å². The number of aromatic nitrogens is 2. The molecule has 0 spiro atoms. The third-order valence-corrected chi connectivity index (χ3v) is 6.33. The zero-order valence-electron chi connectivity index (χ0n) is 17.3. The number of ether oxygens (including phenoxy) is 1. The standard InChI is InChI=1S/C22H26N4O2S/c1-22(21(27)28-4)10-11-26(14-22)19-18-16(15-8-6-5-7-9-15)13-29-20(18)24-17(23-19)12-25(2)3/h5-9,13H,10-12,14H2,1-4H3. The molecule has 6 nitrogen and oxygen atoms in total. The molecule has 1 aliphatic heterocycles. The molecule has 0 bridgehead atoms. The lowest BCUT2D eigenvalue weighted by Gasteiger charge is -2.24. The van der Waals surface area contributed by atoms with Crippen LogP contribution in [0.5, 0.6) is 0 Å². The fraction of sp³-hybridized carbons (Fsp3) is 0.409. The van der Waals surface area contributed by atoms with Crippen molar-refractivity contribution < 1.29 is 9.53 Å². The van der Waals surface area contributed by atoms with Gasteiger partial charge < -0.3 is 14.5 Å². The van der Waals surface area contributed by atoms with E-state index >= 15 is 0 Å². The number of carbonyl (C=O) groups is 1. The summed E-state index contributed by atoms with van der Waals surface area (Å²) in [5.41, 5.74) is 1.78. The maximum absolute atomic E-state index is 12.3. The summed E-state index contributed by atoms with van der Waals surface area (Å²) in [6.07, 6.45) is 0.749. The third kappa shape index (κ3) is 3.72. The Kier molecular flexibility index (Phi) is 5.27. The van der Waals surface area contributed by atoms with Crippen molar-refractivity contribution in [2.24, 2.45) is 5.41 Å². The van der Waals surface area contributed by atoms with Crippen molar-refractivity contribution in [3.63, 3.8) is 0 Å². The maximum Gasteiger partial charge on any atom is 0.313 e. The van der Waals surface area contributed by atoms with Gasteiger partial charge in [0.15, 0.2) is 0 Å². The van der Waals surface area contributed by atoms with Gasteiger partial charge in [0, 0.05) is 24.0 Å². The van der Waals surface area contributed by atoms with Crippen molar-refractivity contribution in [3.8, 4) is 11.1 Å². The van der Waals surface area contributed by atoms with Gasteiger partial charge in [0.25, 0.3) is 0 Å². The van der Waals surface area contributed by atoms with Gasteiger partial charge in [-0.3, -0.25) is 4.79 Å². The lowest BCUT2D eigenvalue weighted by Crippen LogP contribution is -2.33. The first-order valence-corrected chi connectivity index (χ1v) is 10.6. The lowest BCUT2D eigenvalue weighted by atomic mass is 9.90. The average molecular weight is 411 g/mol. The largest absolute Gasteiger partial charge is 0.469 e. The van der Waals surface area contributed by atoms with Gasteiger partial charge in [0.2, 0.25) is 0 Å². The number of hydrogen-bond donors (Lipinski definition) is 0. The van der Waals surface area contributed by atoms with Crippen LogP contribution >= 0.6 is 11.3 Å². The average Bonchev–Trinajstić information content (AvgIpc) is 3.31. The molecule has 1 aliphatic rings. The van der Waals surface area contributed by atoms with Crippen LogP contribution in [-0.4, -0.2) is 55.1 Å². The van der Waals surface area contributed by atoms with Crippen LogP contribution in [0.2, 0.25) is 0 Å². The van der Waals surface area contributed by atoms with E-state index in [0.717, 1.165) is 46.0 Å². The van der Waals surface area contributed by atoms with Gasteiger partial charge in [-0.05, 0) is 33.0 Å². The van der Waals surface area contributed by atoms with E-state index in [1.54, 1.807) is 11.3 Å². The first-order valence-electron chi connectivity index (χ1n) is 9.73. The van der Waals surface area contributed by atoms with Crippen LogP contribution in [0.3, 0.4) is 0 Å². The van der Waals surface area contributed by atoms with Gasteiger partial charge in [-0.1, -0.05) is 30.3 Å². The Morgan fingerprint density at radius 2 is 2.03 bits per heavy atom. The molecule has 3 aromatic rings. The maximum atomic E-state index is 12.3. The van der Waals surface area contributed by atoms with E-state index in [0.29, 0.717) is 13.1 Å². The van der Waals surface area contributed by atoms with Crippen LogP contribution in [0.1, 0.15) is 19.2 Å². The first-order chi connectivity index (χ1) is 13.9. The summed E-state index contributed by atoms with van der Waals surface area (Å²) in [6, 6.07) is 10.3. The molecule has 29 heavy (non-hydrogen) atoms. The highest BCUT2D eigenvalue weighted by atomic mass is 32.1. The van der Waals surface area contributed by atoms with Crippen LogP contribution < -0.4 is 4.90 Å². The number of thiophene rings is 1. The summed E-state index contributed by atoms with van der Waals surface area (Å²) < 4.78 is 5.06. The molecule has 1 aromatic carbocycles. The number of benzene rings is 1. The van der Waals surface area contributed by atoms with E-state index in [1.165, 1.54) is 7.11 Å². The first kappa shape index (κ1) is 19.8. The molecule has 0 aliphatic carbocycles. The Labute approximate surface area is 175 Å². The monoisotopic (exact) mass is 410 g/mol. The van der Waals surface area contributed by atoms with Gasteiger partial charge in [0.1, 0.15) is 16.5 Å².